The lowest BCUT2D eigenvalue weighted by Crippen LogP contribution is -2.28. The Morgan fingerprint density at radius 1 is 1.21 bits per heavy atom. The van der Waals surface area contributed by atoms with Gasteiger partial charge in [-0.1, -0.05) is 38.3 Å². The Labute approximate surface area is 115 Å². The van der Waals surface area contributed by atoms with Gasteiger partial charge in [-0.3, -0.25) is 4.79 Å². The molecule has 0 saturated heterocycles. The molecule has 1 rings (SSSR count). The van der Waals surface area contributed by atoms with E-state index in [0.717, 1.165) is 18.7 Å². The maximum atomic E-state index is 10.7. The van der Waals surface area contributed by atoms with Crippen LogP contribution in [0.5, 0.6) is 0 Å². The molecule has 1 aromatic rings. The second-order valence-electron chi connectivity index (χ2n) is 4.75. The Balaban J connectivity index is 2.63. The van der Waals surface area contributed by atoms with Crippen molar-refractivity contribution < 1.29 is 9.90 Å². The topological polar surface area (TPSA) is 66.6 Å². The van der Waals surface area contributed by atoms with Crippen molar-refractivity contribution in [2.75, 3.05) is 23.7 Å². The third-order valence-corrected chi connectivity index (χ3v) is 3.15. The molecular weight excluding hydrogens is 240 g/mol. The highest BCUT2D eigenvalue weighted by Gasteiger charge is 2.10. The van der Waals surface area contributed by atoms with Crippen LogP contribution in [0.1, 0.15) is 39.0 Å². The monoisotopic (exact) mass is 264 g/mol. The Kier molecular flexibility index (Phi) is 6.79. The van der Waals surface area contributed by atoms with Crippen LogP contribution >= 0.6 is 0 Å². The number of carboxylic acids is 1. The number of nitrogens with zero attached hydrogens (tertiary/aromatic N) is 1. The molecule has 19 heavy (non-hydrogen) atoms. The van der Waals surface area contributed by atoms with Gasteiger partial charge in [-0.05, 0) is 18.6 Å². The van der Waals surface area contributed by atoms with Crippen LogP contribution in [-0.4, -0.2) is 24.2 Å². The van der Waals surface area contributed by atoms with Gasteiger partial charge < -0.3 is 15.7 Å². The summed E-state index contributed by atoms with van der Waals surface area (Å²) >= 11 is 0. The molecule has 3 N–H and O–H groups in total. The maximum absolute atomic E-state index is 10.7. The molecule has 0 aliphatic rings. The highest BCUT2D eigenvalue weighted by molar-refractivity contribution is 5.70. The molecule has 1 aromatic carbocycles. The number of benzene rings is 1. The molecule has 106 valence electrons. The quantitative estimate of drug-likeness (QED) is 0.531. The first-order chi connectivity index (χ1) is 9.15. The second kappa shape index (κ2) is 8.40. The van der Waals surface area contributed by atoms with Crippen LogP contribution < -0.4 is 10.6 Å². The first-order valence-electron chi connectivity index (χ1n) is 6.96. The maximum Gasteiger partial charge on any atom is 0.305 e. The molecule has 0 spiro atoms. The number of unbranched alkanes of at least 4 members (excludes halogenated alkanes) is 3. The number of carboxylic acid groups (broad SMARTS) is 1. The minimum absolute atomic E-state index is 0.141. The van der Waals surface area contributed by atoms with E-state index < -0.39 is 5.97 Å². The van der Waals surface area contributed by atoms with Crippen molar-refractivity contribution in [1.29, 1.82) is 0 Å². The van der Waals surface area contributed by atoms with Gasteiger partial charge in [0.05, 0.1) is 17.8 Å². The minimum Gasteiger partial charge on any atom is -0.481 e. The first kappa shape index (κ1) is 15.3. The van der Waals surface area contributed by atoms with Gasteiger partial charge >= 0.3 is 5.97 Å². The van der Waals surface area contributed by atoms with Crippen LogP contribution in [0.15, 0.2) is 24.3 Å². The summed E-state index contributed by atoms with van der Waals surface area (Å²) in [7, 11) is 0. The number of carbonyl (C=O) groups is 1. The molecule has 0 fully saturated rings. The van der Waals surface area contributed by atoms with Crippen molar-refractivity contribution in [3.63, 3.8) is 0 Å². The molecular formula is C15H24N2O2. The SMILES string of the molecule is CCCCCCN(CCC(=O)O)c1ccccc1N. The lowest BCUT2D eigenvalue weighted by Gasteiger charge is -2.25. The van der Waals surface area contributed by atoms with Crippen molar-refractivity contribution in [1.82, 2.24) is 0 Å². The smallest absolute Gasteiger partial charge is 0.305 e. The van der Waals surface area contributed by atoms with E-state index in [1.54, 1.807) is 0 Å². The molecule has 4 nitrogen and oxygen atoms in total. The third kappa shape index (κ3) is 5.64. The summed E-state index contributed by atoms with van der Waals surface area (Å²) in [5.74, 6) is -0.770. The van der Waals surface area contributed by atoms with Crippen molar-refractivity contribution in [2.24, 2.45) is 0 Å². The van der Waals surface area contributed by atoms with Crippen LogP contribution in [0, 0.1) is 0 Å². The number of hydrogen-bond acceptors (Lipinski definition) is 3. The first-order valence-corrected chi connectivity index (χ1v) is 6.96. The number of rotatable bonds is 9. The van der Waals surface area contributed by atoms with Gasteiger partial charge in [0, 0.05) is 13.1 Å². The average Bonchev–Trinajstić information content (AvgIpc) is 2.39. The van der Waals surface area contributed by atoms with E-state index in [4.69, 9.17) is 10.8 Å². The third-order valence-electron chi connectivity index (χ3n) is 3.15. The van der Waals surface area contributed by atoms with E-state index in [0.29, 0.717) is 12.2 Å². The molecule has 0 amide bonds. The molecule has 0 aliphatic heterocycles. The minimum atomic E-state index is -0.770. The van der Waals surface area contributed by atoms with Gasteiger partial charge in [0.15, 0.2) is 0 Å². The Hall–Kier alpha value is -1.71. The number of aliphatic carboxylic acids is 1. The van der Waals surface area contributed by atoms with E-state index >= 15 is 0 Å². The van der Waals surface area contributed by atoms with Crippen LogP contribution in [0.25, 0.3) is 0 Å². The highest BCUT2D eigenvalue weighted by atomic mass is 16.4. The molecule has 0 atom stereocenters. The van der Waals surface area contributed by atoms with Crippen LogP contribution in [0.4, 0.5) is 11.4 Å². The van der Waals surface area contributed by atoms with Gasteiger partial charge in [-0.15, -0.1) is 0 Å². The summed E-state index contributed by atoms with van der Waals surface area (Å²) in [4.78, 5) is 12.8. The molecule has 0 aliphatic carbocycles. The number of nitrogens with two attached hydrogens (primary N) is 1. The number of para-hydroxylation sites is 2. The summed E-state index contributed by atoms with van der Waals surface area (Å²) in [5.41, 5.74) is 7.63. The van der Waals surface area contributed by atoms with E-state index in [9.17, 15) is 4.79 Å². The molecule has 4 heteroatoms. The van der Waals surface area contributed by atoms with Gasteiger partial charge in [-0.2, -0.15) is 0 Å². The Morgan fingerprint density at radius 2 is 1.95 bits per heavy atom. The van der Waals surface area contributed by atoms with Gasteiger partial charge in [0.2, 0.25) is 0 Å². The van der Waals surface area contributed by atoms with Crippen LogP contribution in [0.3, 0.4) is 0 Å². The molecule has 0 heterocycles. The van der Waals surface area contributed by atoms with Gasteiger partial charge in [0.25, 0.3) is 0 Å². The summed E-state index contributed by atoms with van der Waals surface area (Å²) in [6, 6.07) is 7.64. The standard InChI is InChI=1S/C15H24N2O2/c1-2-3-4-7-11-17(12-10-15(18)19)14-9-6-5-8-13(14)16/h5-6,8-9H,2-4,7,10-12,16H2,1H3,(H,18,19). The van der Waals surface area contributed by atoms with Crippen molar-refractivity contribution in [2.45, 2.75) is 39.0 Å². The molecule has 0 saturated carbocycles. The largest absolute Gasteiger partial charge is 0.481 e. The van der Waals surface area contributed by atoms with E-state index in [1.807, 2.05) is 24.3 Å². The molecule has 0 bridgehead atoms. The summed E-state index contributed by atoms with van der Waals surface area (Å²) in [6.45, 7) is 3.55. The lowest BCUT2D eigenvalue weighted by molar-refractivity contribution is -0.136. The fourth-order valence-corrected chi connectivity index (χ4v) is 2.09. The average molecular weight is 264 g/mol. The molecule has 0 unspecified atom stereocenters. The van der Waals surface area contributed by atoms with E-state index in [2.05, 4.69) is 11.8 Å². The normalized spacial score (nSPS) is 10.4. The predicted molar refractivity (Wildman–Crippen MR) is 79.5 cm³/mol. The van der Waals surface area contributed by atoms with E-state index in [-0.39, 0.29) is 6.42 Å². The van der Waals surface area contributed by atoms with Crippen molar-refractivity contribution >= 4 is 17.3 Å². The fourth-order valence-electron chi connectivity index (χ4n) is 2.09. The number of nitrogen functional groups attached to an aromatic ring is 1. The summed E-state index contributed by atoms with van der Waals surface area (Å²) in [5, 5.41) is 8.83. The van der Waals surface area contributed by atoms with E-state index in [1.165, 1.54) is 19.3 Å². The fraction of sp³-hybridized carbons (Fsp3) is 0.533. The Bertz CT molecular complexity index is 393. The van der Waals surface area contributed by atoms with Gasteiger partial charge in [0.1, 0.15) is 0 Å². The zero-order valence-electron chi connectivity index (χ0n) is 11.6. The molecule has 0 radical (unpaired) electrons. The predicted octanol–water partition coefficient (Wildman–Crippen LogP) is 3.13. The number of anilines is 2. The van der Waals surface area contributed by atoms with Crippen LogP contribution in [0.2, 0.25) is 0 Å². The zero-order chi connectivity index (χ0) is 14.1. The van der Waals surface area contributed by atoms with Crippen molar-refractivity contribution in [3.8, 4) is 0 Å². The Morgan fingerprint density at radius 3 is 2.58 bits per heavy atom. The van der Waals surface area contributed by atoms with Crippen molar-refractivity contribution in [3.05, 3.63) is 24.3 Å². The molecule has 0 aromatic heterocycles. The number of hydrogen-bond donors (Lipinski definition) is 2. The van der Waals surface area contributed by atoms with Crippen LogP contribution in [-0.2, 0) is 4.79 Å². The second-order valence-corrected chi connectivity index (χ2v) is 4.75. The van der Waals surface area contributed by atoms with Gasteiger partial charge in [-0.25, -0.2) is 0 Å². The summed E-state index contributed by atoms with van der Waals surface area (Å²) < 4.78 is 0. The summed E-state index contributed by atoms with van der Waals surface area (Å²) in [6.07, 6.45) is 4.80. The zero-order valence-corrected chi connectivity index (χ0v) is 11.6. The highest BCUT2D eigenvalue weighted by Crippen LogP contribution is 2.23. The lowest BCUT2D eigenvalue weighted by atomic mass is 10.1.